The van der Waals surface area contributed by atoms with Crippen LogP contribution in [0.2, 0.25) is 0 Å². The van der Waals surface area contributed by atoms with Crippen LogP contribution >= 0.6 is 0 Å². The molecule has 2 heterocycles. The number of nitrogens with one attached hydrogen (secondary N) is 2. The Balaban J connectivity index is 2.19. The highest BCUT2D eigenvalue weighted by atomic mass is 16.6. The van der Waals surface area contributed by atoms with E-state index in [9.17, 15) is 14.9 Å². The minimum atomic E-state index is -0.522. The topological polar surface area (TPSA) is 132 Å². The van der Waals surface area contributed by atoms with Gasteiger partial charge in [0.25, 0.3) is 11.6 Å². The summed E-state index contributed by atoms with van der Waals surface area (Å²) in [6.45, 7) is 4.15. The predicted molar refractivity (Wildman–Crippen MR) is 71.4 cm³/mol. The third-order valence-electron chi connectivity index (χ3n) is 2.89. The largest absolute Gasteiger partial charge is 0.341 e. The number of rotatable bonds is 6. The second-order valence-electron chi connectivity index (χ2n) is 4.50. The highest BCUT2D eigenvalue weighted by Crippen LogP contribution is 2.18. The van der Waals surface area contributed by atoms with Gasteiger partial charge >= 0.3 is 0 Å². The van der Waals surface area contributed by atoms with Gasteiger partial charge in [-0.3, -0.25) is 14.9 Å². The Hall–Kier alpha value is -2.78. The zero-order chi connectivity index (χ0) is 15.4. The summed E-state index contributed by atoms with van der Waals surface area (Å²) in [7, 11) is 0. The van der Waals surface area contributed by atoms with Crippen LogP contribution in [0, 0.1) is 10.1 Å². The lowest BCUT2D eigenvalue weighted by Crippen LogP contribution is -2.29. The molecule has 1 amide bonds. The van der Waals surface area contributed by atoms with Gasteiger partial charge in [0.2, 0.25) is 0 Å². The summed E-state index contributed by atoms with van der Waals surface area (Å²) >= 11 is 0. The van der Waals surface area contributed by atoms with E-state index in [0.717, 1.165) is 6.42 Å². The molecule has 0 aliphatic carbocycles. The number of hydrogen-bond acceptors (Lipinski definition) is 6. The molecule has 0 aromatic carbocycles. The van der Waals surface area contributed by atoms with Crippen molar-refractivity contribution in [3.8, 4) is 0 Å². The van der Waals surface area contributed by atoms with Crippen molar-refractivity contribution >= 4 is 11.6 Å². The first-order valence-corrected chi connectivity index (χ1v) is 6.41. The van der Waals surface area contributed by atoms with Crippen molar-refractivity contribution in [1.82, 2.24) is 30.5 Å². The molecule has 1 atom stereocenters. The number of amides is 1. The van der Waals surface area contributed by atoms with E-state index in [2.05, 4.69) is 25.9 Å². The van der Waals surface area contributed by atoms with Crippen LogP contribution in [-0.2, 0) is 6.54 Å². The van der Waals surface area contributed by atoms with Crippen LogP contribution in [0.1, 0.15) is 42.6 Å². The van der Waals surface area contributed by atoms with Gasteiger partial charge in [-0.15, -0.1) is 10.2 Å². The summed E-state index contributed by atoms with van der Waals surface area (Å²) in [5, 5.41) is 26.8. The van der Waals surface area contributed by atoms with Crippen LogP contribution in [0.15, 0.2) is 12.3 Å². The van der Waals surface area contributed by atoms with E-state index in [0.29, 0.717) is 12.4 Å². The van der Waals surface area contributed by atoms with Crippen molar-refractivity contribution in [3.63, 3.8) is 0 Å². The summed E-state index contributed by atoms with van der Waals surface area (Å²) in [5.41, 5.74) is 0.125. The van der Waals surface area contributed by atoms with Crippen molar-refractivity contribution in [2.24, 2.45) is 0 Å². The number of aromatic amines is 1. The fourth-order valence-corrected chi connectivity index (χ4v) is 1.90. The zero-order valence-electron chi connectivity index (χ0n) is 11.6. The maximum atomic E-state index is 12.2. The van der Waals surface area contributed by atoms with E-state index >= 15 is 0 Å². The molecule has 1 unspecified atom stereocenters. The van der Waals surface area contributed by atoms with E-state index in [-0.39, 0.29) is 11.4 Å². The molecule has 0 saturated carbocycles. The number of carbonyl (C=O) groups excluding carboxylic acids is 1. The quantitative estimate of drug-likeness (QED) is 0.598. The second kappa shape index (κ2) is 6.11. The molecule has 2 rings (SSSR count). The Labute approximate surface area is 119 Å². The van der Waals surface area contributed by atoms with Crippen LogP contribution in [0.4, 0.5) is 5.69 Å². The van der Waals surface area contributed by atoms with Crippen LogP contribution < -0.4 is 5.32 Å². The molecule has 0 radical (unpaired) electrons. The van der Waals surface area contributed by atoms with Gasteiger partial charge in [0.15, 0.2) is 5.82 Å². The number of aromatic nitrogens is 5. The molecule has 0 fully saturated rings. The predicted octanol–water partition coefficient (Wildman–Crippen LogP) is 0.810. The molecule has 0 saturated heterocycles. The highest BCUT2D eigenvalue weighted by molar-refractivity contribution is 5.93. The maximum Gasteiger partial charge on any atom is 0.287 e. The first kappa shape index (κ1) is 14.6. The monoisotopic (exact) mass is 293 g/mol. The third-order valence-corrected chi connectivity index (χ3v) is 2.89. The molecule has 2 aromatic rings. The van der Waals surface area contributed by atoms with Crippen molar-refractivity contribution in [1.29, 1.82) is 0 Å². The Morgan fingerprint density at radius 1 is 1.62 bits per heavy atom. The molecule has 10 heteroatoms. The minimum absolute atomic E-state index is 0.110. The molecule has 2 aromatic heterocycles. The van der Waals surface area contributed by atoms with Crippen LogP contribution in [-0.4, -0.2) is 36.0 Å². The van der Waals surface area contributed by atoms with Crippen molar-refractivity contribution < 1.29 is 9.72 Å². The number of tetrazole rings is 1. The first-order chi connectivity index (χ1) is 10.0. The Morgan fingerprint density at radius 3 is 2.95 bits per heavy atom. The number of carbonyl (C=O) groups is 1. The van der Waals surface area contributed by atoms with E-state index < -0.39 is 16.9 Å². The number of H-pyrrole nitrogens is 1. The van der Waals surface area contributed by atoms with E-state index in [4.69, 9.17) is 0 Å². The standard InChI is InChI=1S/C11H15N7O3/c1-3-4-17-6-8(18(20)21)5-9(17)11(19)12-7(2)10-13-15-16-14-10/h5-7H,3-4H2,1-2H3,(H,12,19)(H,13,14,15,16). The summed E-state index contributed by atoms with van der Waals surface area (Å²) in [6, 6.07) is 0.800. The lowest BCUT2D eigenvalue weighted by Gasteiger charge is -2.11. The average molecular weight is 293 g/mol. The minimum Gasteiger partial charge on any atom is -0.341 e. The van der Waals surface area contributed by atoms with Crippen molar-refractivity contribution in [3.05, 3.63) is 33.9 Å². The number of hydrogen-bond donors (Lipinski definition) is 2. The molecule has 0 bridgehead atoms. The van der Waals surface area contributed by atoms with Crippen LogP contribution in [0.5, 0.6) is 0 Å². The summed E-state index contributed by atoms with van der Waals surface area (Å²) in [4.78, 5) is 22.5. The van der Waals surface area contributed by atoms with Gasteiger partial charge in [0.05, 0.1) is 17.2 Å². The number of nitrogens with zero attached hydrogens (tertiary/aromatic N) is 5. The lowest BCUT2D eigenvalue weighted by atomic mass is 10.3. The van der Waals surface area contributed by atoms with Gasteiger partial charge in [-0.05, 0) is 13.3 Å². The molecule has 0 spiro atoms. The molecule has 112 valence electrons. The molecular weight excluding hydrogens is 278 g/mol. The number of nitro groups is 1. The third kappa shape index (κ3) is 3.22. The highest BCUT2D eigenvalue weighted by Gasteiger charge is 2.21. The normalized spacial score (nSPS) is 12.1. The fourth-order valence-electron chi connectivity index (χ4n) is 1.90. The summed E-state index contributed by atoms with van der Waals surface area (Å²) < 4.78 is 1.57. The molecule has 21 heavy (non-hydrogen) atoms. The molecule has 0 aliphatic rings. The van der Waals surface area contributed by atoms with Gasteiger partial charge < -0.3 is 9.88 Å². The van der Waals surface area contributed by atoms with Gasteiger partial charge in [-0.2, -0.15) is 5.21 Å². The SMILES string of the molecule is CCCn1cc([N+](=O)[O-])cc1C(=O)NC(C)c1nn[nH]n1. The Bertz CT molecular complexity index is 634. The van der Waals surface area contributed by atoms with Gasteiger partial charge in [-0.1, -0.05) is 12.1 Å². The molecule has 2 N–H and O–H groups in total. The fraction of sp³-hybridized carbons (Fsp3) is 0.455. The van der Waals surface area contributed by atoms with E-state index in [1.807, 2.05) is 6.92 Å². The van der Waals surface area contributed by atoms with Crippen molar-refractivity contribution in [2.75, 3.05) is 0 Å². The maximum absolute atomic E-state index is 12.2. The van der Waals surface area contributed by atoms with Gasteiger partial charge in [-0.25, -0.2) is 0 Å². The zero-order valence-corrected chi connectivity index (χ0v) is 11.6. The molecule has 0 aliphatic heterocycles. The summed E-state index contributed by atoms with van der Waals surface area (Å²) in [5.74, 6) is -0.0831. The van der Waals surface area contributed by atoms with Crippen LogP contribution in [0.25, 0.3) is 0 Å². The van der Waals surface area contributed by atoms with Crippen LogP contribution in [0.3, 0.4) is 0 Å². The van der Waals surface area contributed by atoms with E-state index in [1.165, 1.54) is 12.3 Å². The van der Waals surface area contributed by atoms with Gasteiger partial charge in [0.1, 0.15) is 5.69 Å². The summed E-state index contributed by atoms with van der Waals surface area (Å²) in [6.07, 6.45) is 2.12. The second-order valence-corrected chi connectivity index (χ2v) is 4.50. The Morgan fingerprint density at radius 2 is 2.38 bits per heavy atom. The first-order valence-electron chi connectivity index (χ1n) is 6.41. The number of aryl methyl sites for hydroxylation is 1. The molecular formula is C11H15N7O3. The Kier molecular flexibility index (Phi) is 4.26. The average Bonchev–Trinajstić information content (AvgIpc) is 3.08. The smallest absolute Gasteiger partial charge is 0.287 e. The molecule has 10 nitrogen and oxygen atoms in total. The lowest BCUT2D eigenvalue weighted by molar-refractivity contribution is -0.384. The van der Waals surface area contributed by atoms with Gasteiger partial charge in [0, 0.05) is 12.6 Å². The van der Waals surface area contributed by atoms with E-state index in [1.54, 1.807) is 11.5 Å². The van der Waals surface area contributed by atoms with Crippen molar-refractivity contribution in [2.45, 2.75) is 32.9 Å².